The van der Waals surface area contributed by atoms with Gasteiger partial charge in [-0.05, 0) is 119 Å². The summed E-state index contributed by atoms with van der Waals surface area (Å²) in [5, 5.41) is 0.775. The molecule has 2 N–H and O–H groups in total. The zero-order valence-corrected chi connectivity index (χ0v) is 37.3. The summed E-state index contributed by atoms with van der Waals surface area (Å²) in [6.45, 7) is 0. The third-order valence-corrected chi connectivity index (χ3v) is 14.2. The molecule has 0 amide bonds. The Morgan fingerprint density at radius 3 is 1.00 bits per heavy atom. The Labute approximate surface area is 383 Å². The molecule has 0 spiro atoms. The molecular weight excluding hydrogens is 869 g/mol. The maximum absolute atomic E-state index is 13.7. The first-order valence-corrected chi connectivity index (χ1v) is 22.7. The molecular formula is C52H38N4O10Si. The molecule has 67 heavy (non-hydrogen) atoms. The lowest BCUT2D eigenvalue weighted by molar-refractivity contribution is 0.0592. The van der Waals surface area contributed by atoms with Crippen molar-refractivity contribution in [2.45, 2.75) is 0 Å². The Morgan fingerprint density at radius 1 is 0.403 bits per heavy atom. The van der Waals surface area contributed by atoms with Gasteiger partial charge in [0, 0.05) is 44.4 Å². The molecule has 14 nitrogen and oxygen atoms in total. The average Bonchev–Trinajstić information content (AvgIpc) is 4.21. The third-order valence-electron chi connectivity index (χ3n) is 12.1. The lowest BCUT2D eigenvalue weighted by Gasteiger charge is -2.30. The molecule has 10 rings (SSSR count). The van der Waals surface area contributed by atoms with E-state index < -0.39 is 32.8 Å². The highest BCUT2D eigenvalue weighted by Crippen LogP contribution is 2.40. The Bertz CT molecular complexity index is 3240. The van der Waals surface area contributed by atoms with E-state index in [0.717, 1.165) is 0 Å². The molecule has 330 valence electrons. The maximum Gasteiger partial charge on any atom is 0.592 e. The predicted molar refractivity (Wildman–Crippen MR) is 250 cm³/mol. The molecule has 0 aliphatic carbocycles. The largest absolute Gasteiger partial charge is 0.592 e. The van der Waals surface area contributed by atoms with Crippen LogP contribution in [-0.4, -0.2) is 90.7 Å². The van der Waals surface area contributed by atoms with Crippen molar-refractivity contribution in [3.8, 4) is 0 Å². The molecule has 0 saturated carbocycles. The van der Waals surface area contributed by atoms with Crippen LogP contribution < -0.4 is 10.7 Å². The Balaban J connectivity index is 1.38. The number of rotatable bonds is 8. The van der Waals surface area contributed by atoms with E-state index in [0.29, 0.717) is 112 Å². The van der Waals surface area contributed by atoms with Crippen LogP contribution in [-0.2, 0) is 18.9 Å². The number of nitrogens with zero attached hydrogens (tertiary/aromatic N) is 4. The van der Waals surface area contributed by atoms with Crippen LogP contribution in [0, 0.1) is 0 Å². The van der Waals surface area contributed by atoms with Crippen molar-refractivity contribution in [1.82, 2.24) is 8.47 Å². The topological polar surface area (TPSA) is 180 Å². The van der Waals surface area contributed by atoms with E-state index >= 15 is 0 Å². The highest BCUT2D eigenvalue weighted by molar-refractivity contribution is 6.62. The summed E-state index contributed by atoms with van der Waals surface area (Å²) in [4.78, 5) is 88.6. The van der Waals surface area contributed by atoms with Crippen molar-refractivity contribution in [1.29, 1.82) is 0 Å². The lowest BCUT2D eigenvalue weighted by atomic mass is 9.99. The number of allylic oxidation sites excluding steroid dienone is 4. The van der Waals surface area contributed by atoms with Gasteiger partial charge in [0.25, 0.3) is 0 Å². The predicted octanol–water partition coefficient (Wildman–Crippen LogP) is 5.22. The van der Waals surface area contributed by atoms with E-state index in [1.807, 2.05) is 48.6 Å². The van der Waals surface area contributed by atoms with E-state index in [4.69, 9.17) is 28.9 Å². The molecule has 4 aliphatic rings. The van der Waals surface area contributed by atoms with Gasteiger partial charge >= 0.3 is 32.8 Å². The molecule has 6 bridgehead atoms. The zero-order chi connectivity index (χ0) is 46.7. The molecule has 0 saturated heterocycles. The quantitative estimate of drug-likeness (QED) is 0.117. The number of ether oxygens (including phenoxy) is 4. The van der Waals surface area contributed by atoms with Crippen LogP contribution >= 0.6 is 0 Å². The maximum atomic E-state index is 13.7. The number of aliphatic imine (C=N–C) groups is 2. The van der Waals surface area contributed by atoms with Gasteiger partial charge in [-0.3, -0.25) is 0 Å². The normalized spacial score (nSPS) is 15.3. The van der Waals surface area contributed by atoms with Crippen molar-refractivity contribution >= 4 is 66.5 Å². The van der Waals surface area contributed by atoms with Gasteiger partial charge in [0.15, 0.2) is 0 Å². The van der Waals surface area contributed by atoms with Gasteiger partial charge in [-0.1, -0.05) is 48.5 Å². The Kier molecular flexibility index (Phi) is 10.4. The zero-order valence-electron chi connectivity index (χ0n) is 36.3. The van der Waals surface area contributed by atoms with Gasteiger partial charge in [0.1, 0.15) is 0 Å². The molecule has 15 heteroatoms. The van der Waals surface area contributed by atoms with E-state index in [9.17, 15) is 28.8 Å². The van der Waals surface area contributed by atoms with E-state index in [2.05, 4.69) is 0 Å². The van der Waals surface area contributed by atoms with Gasteiger partial charge in [-0.15, -0.1) is 0 Å². The SMILES string of the molecule is COC(=O)c1ccc(C2=C3C=CC(=N3)C(c3ccc(C(=O)OC)cc3)=c3ccc4n3[Si](O)(O)n3c2ccc3C(c2ccc(C(=O)OC)cc2)=C2C=CC(=N2)C=4c2ccc(C(=O)OC)cc2)cc1. The number of aromatic nitrogens is 2. The molecule has 0 atom stereocenters. The molecule has 6 heterocycles. The van der Waals surface area contributed by atoms with Crippen LogP contribution in [0.3, 0.4) is 0 Å². The minimum Gasteiger partial charge on any atom is -0.465 e. The monoisotopic (exact) mass is 906 g/mol. The first-order chi connectivity index (χ1) is 32.4. The highest BCUT2D eigenvalue weighted by atomic mass is 28.4. The number of methoxy groups -OCH3 is 4. The fraction of sp³-hybridized carbons (Fsp3) is 0.0769. The summed E-state index contributed by atoms with van der Waals surface area (Å²) in [5.41, 5.74) is 8.47. The van der Waals surface area contributed by atoms with Gasteiger partial charge in [-0.25, -0.2) is 29.2 Å². The fourth-order valence-electron chi connectivity index (χ4n) is 8.95. The molecule has 6 aromatic rings. The van der Waals surface area contributed by atoms with Gasteiger partial charge < -0.3 is 37.0 Å². The summed E-state index contributed by atoms with van der Waals surface area (Å²) in [7, 11) is 0.00703. The van der Waals surface area contributed by atoms with Crippen LogP contribution in [0.4, 0.5) is 0 Å². The smallest absolute Gasteiger partial charge is 0.465 e. The van der Waals surface area contributed by atoms with E-state index in [1.165, 1.54) is 28.4 Å². The minimum atomic E-state index is -5.22. The van der Waals surface area contributed by atoms with Crippen LogP contribution in [0.2, 0.25) is 0 Å². The number of carbonyl (C=O) groups excluding carboxylic acids is 4. The molecule has 0 unspecified atom stereocenters. The number of carbonyl (C=O) groups is 4. The Morgan fingerprint density at radius 2 is 0.701 bits per heavy atom. The minimum absolute atomic E-state index is 0.313. The number of benzene rings is 4. The van der Waals surface area contributed by atoms with E-state index in [1.54, 1.807) is 106 Å². The van der Waals surface area contributed by atoms with Crippen molar-refractivity contribution < 1.29 is 47.7 Å². The van der Waals surface area contributed by atoms with Crippen molar-refractivity contribution in [3.63, 3.8) is 0 Å². The summed E-state index contributed by atoms with van der Waals surface area (Å²) < 4.78 is 23.1. The van der Waals surface area contributed by atoms with Crippen LogP contribution in [0.15, 0.2) is 167 Å². The van der Waals surface area contributed by atoms with Gasteiger partial charge in [0.2, 0.25) is 0 Å². The summed E-state index contributed by atoms with van der Waals surface area (Å²) in [6.07, 6.45) is 7.43. The molecule has 4 aliphatic heterocycles. The van der Waals surface area contributed by atoms with E-state index in [-0.39, 0.29) is 0 Å². The summed E-state index contributed by atoms with van der Waals surface area (Å²) in [5.74, 6) is -2.09. The third kappa shape index (κ3) is 6.96. The fourth-order valence-corrected chi connectivity index (χ4v) is 11.2. The van der Waals surface area contributed by atoms with Crippen molar-refractivity contribution in [2.24, 2.45) is 9.98 Å². The van der Waals surface area contributed by atoms with Crippen LogP contribution in [0.1, 0.15) is 75.1 Å². The summed E-state index contributed by atoms with van der Waals surface area (Å²) in [6, 6.07) is 34.4. The van der Waals surface area contributed by atoms with Crippen LogP contribution in [0.5, 0.6) is 0 Å². The van der Waals surface area contributed by atoms with Crippen molar-refractivity contribution in [3.05, 3.63) is 224 Å². The number of fused-ring (bicyclic) bond motifs is 2. The van der Waals surface area contributed by atoms with Crippen LogP contribution in [0.25, 0.3) is 22.3 Å². The van der Waals surface area contributed by atoms with Gasteiger partial charge in [-0.2, -0.15) is 0 Å². The average molecular weight is 907 g/mol. The number of hydrogen-bond donors (Lipinski definition) is 2. The second-order valence-corrected chi connectivity index (χ2v) is 17.8. The van der Waals surface area contributed by atoms with Crippen molar-refractivity contribution in [2.75, 3.05) is 28.4 Å². The first kappa shape index (κ1) is 42.4. The molecule has 0 radical (unpaired) electrons. The highest BCUT2D eigenvalue weighted by Gasteiger charge is 2.45. The second kappa shape index (κ2) is 16.5. The number of hydrogen-bond acceptors (Lipinski definition) is 12. The second-order valence-electron chi connectivity index (χ2n) is 15.7. The molecule has 0 fully saturated rings. The summed E-state index contributed by atoms with van der Waals surface area (Å²) >= 11 is 0. The number of esters is 4. The van der Waals surface area contributed by atoms with Gasteiger partial charge in [0.05, 0.1) is 73.5 Å². The molecule has 2 aromatic heterocycles. The Hall–Kier alpha value is -8.50. The molecule has 4 aromatic carbocycles. The first-order valence-electron chi connectivity index (χ1n) is 20.9. The lowest BCUT2D eigenvalue weighted by Crippen LogP contribution is -2.61. The standard InChI is InChI=1S/C52H38N4O10Si/c1-63-49(57)33-13-5-29(6-14-33)45-37-21-22-38(53-37)46(30-7-15-34(16-8-30)50(58)64-2)43-27-28-44-48(32-11-19-36(20-12-32)52(60)66-4)40-24-23-39(54-40)47(31-9-17-35(18-10-31)51(59)65-3)42-26-25-41(45)55(42)67(61,62)56(43)44/h5-28,61-62H,1-4H3.